The minimum absolute atomic E-state index is 0.609. The van der Waals surface area contributed by atoms with Gasteiger partial charge < -0.3 is 13.6 Å². The first kappa shape index (κ1) is 31.7. The van der Waals surface area contributed by atoms with E-state index in [1.807, 2.05) is 60.7 Å². The summed E-state index contributed by atoms with van der Waals surface area (Å²) in [6, 6.07) is 57.0. The number of fused-ring (bicyclic) bond motifs is 11. The van der Waals surface area contributed by atoms with E-state index in [4.69, 9.17) is 19.4 Å². The molecule has 0 amide bonds. The molecule has 268 valence electrons. The van der Waals surface area contributed by atoms with E-state index in [0.717, 1.165) is 79.0 Å². The quantitative estimate of drug-likeness (QED) is 0.177. The molecule has 6 nitrogen and oxygen atoms in total. The molecule has 0 saturated heterocycles. The summed E-state index contributed by atoms with van der Waals surface area (Å²) < 4.78 is 12.0. The fourth-order valence-corrected chi connectivity index (χ4v) is 8.96. The highest BCUT2D eigenvalue weighted by Crippen LogP contribution is 2.45. The average Bonchev–Trinajstić information content (AvgIpc) is 3.95. The highest BCUT2D eigenvalue weighted by Gasteiger charge is 2.26. The number of nitrogens with zero attached hydrogens (tertiary/aromatic N) is 5. The van der Waals surface area contributed by atoms with Gasteiger partial charge in [-0.05, 0) is 67.4 Å². The molecular formula is C51H33N5O. The van der Waals surface area contributed by atoms with Crippen LogP contribution in [0.15, 0.2) is 174 Å². The first-order valence-corrected chi connectivity index (χ1v) is 19.4. The molecule has 0 atom stereocenters. The van der Waals surface area contributed by atoms with Crippen LogP contribution >= 0.6 is 0 Å². The third kappa shape index (κ3) is 4.80. The SMILES string of the molecule is C1=Cc2c(n(-c3ccccc3)c3ccc4c5ccc6c(c7ccccc7n6-c6ccccc6-c6nc(-c7ccccc7)nc(-c7ccccc7)n6)c5oc4c23)CC1. The fraction of sp³-hybridized carbons (Fsp3) is 0.0392. The van der Waals surface area contributed by atoms with Crippen molar-refractivity contribution in [2.45, 2.75) is 12.8 Å². The maximum Gasteiger partial charge on any atom is 0.166 e. The predicted molar refractivity (Wildman–Crippen MR) is 232 cm³/mol. The molecule has 12 rings (SSSR count). The largest absolute Gasteiger partial charge is 0.455 e. The van der Waals surface area contributed by atoms with Crippen molar-refractivity contribution in [3.63, 3.8) is 0 Å². The van der Waals surface area contributed by atoms with E-state index in [9.17, 15) is 0 Å². The van der Waals surface area contributed by atoms with Gasteiger partial charge in [0.2, 0.25) is 0 Å². The van der Waals surface area contributed by atoms with Gasteiger partial charge in [-0.1, -0.05) is 121 Å². The maximum absolute atomic E-state index is 7.20. The van der Waals surface area contributed by atoms with Crippen LogP contribution in [0.3, 0.4) is 0 Å². The van der Waals surface area contributed by atoms with E-state index in [1.54, 1.807) is 0 Å². The molecule has 0 aliphatic heterocycles. The molecule has 0 radical (unpaired) electrons. The molecule has 11 aromatic rings. The minimum atomic E-state index is 0.609. The van der Waals surface area contributed by atoms with Gasteiger partial charge in [-0.25, -0.2) is 15.0 Å². The van der Waals surface area contributed by atoms with E-state index in [1.165, 1.54) is 27.8 Å². The van der Waals surface area contributed by atoms with E-state index in [0.29, 0.717) is 17.5 Å². The van der Waals surface area contributed by atoms with Crippen LogP contribution in [0.4, 0.5) is 0 Å². The number of allylic oxidation sites excluding steroid dienone is 1. The summed E-state index contributed by atoms with van der Waals surface area (Å²) in [5.74, 6) is 1.87. The summed E-state index contributed by atoms with van der Waals surface area (Å²) in [5, 5.41) is 5.60. The van der Waals surface area contributed by atoms with Crippen molar-refractivity contribution in [3.8, 4) is 45.5 Å². The van der Waals surface area contributed by atoms with Gasteiger partial charge >= 0.3 is 0 Å². The third-order valence-electron chi connectivity index (χ3n) is 11.4. The van der Waals surface area contributed by atoms with Crippen molar-refractivity contribution in [2.24, 2.45) is 0 Å². The molecule has 1 aliphatic carbocycles. The molecule has 6 heteroatoms. The predicted octanol–water partition coefficient (Wildman–Crippen LogP) is 12.8. The second-order valence-electron chi connectivity index (χ2n) is 14.7. The molecule has 1 aliphatic rings. The van der Waals surface area contributed by atoms with Crippen LogP contribution in [0.25, 0.3) is 106 Å². The minimum Gasteiger partial charge on any atom is -0.455 e. The Hall–Kier alpha value is -7.57. The zero-order valence-corrected chi connectivity index (χ0v) is 30.8. The summed E-state index contributed by atoms with van der Waals surface area (Å²) >= 11 is 0. The normalized spacial score (nSPS) is 12.7. The van der Waals surface area contributed by atoms with E-state index < -0.39 is 0 Å². The van der Waals surface area contributed by atoms with Gasteiger partial charge in [0.25, 0.3) is 0 Å². The van der Waals surface area contributed by atoms with Gasteiger partial charge in [0.1, 0.15) is 11.2 Å². The van der Waals surface area contributed by atoms with Crippen LogP contribution in [0.2, 0.25) is 0 Å². The van der Waals surface area contributed by atoms with Crippen molar-refractivity contribution in [2.75, 3.05) is 0 Å². The number of para-hydroxylation sites is 3. The molecule has 0 N–H and O–H groups in total. The van der Waals surface area contributed by atoms with Gasteiger partial charge in [0.15, 0.2) is 17.5 Å². The Morgan fingerprint density at radius 3 is 1.75 bits per heavy atom. The van der Waals surface area contributed by atoms with Crippen LogP contribution in [0.5, 0.6) is 0 Å². The summed E-state index contributed by atoms with van der Waals surface area (Å²) in [7, 11) is 0. The van der Waals surface area contributed by atoms with Crippen molar-refractivity contribution in [1.29, 1.82) is 0 Å². The number of rotatable bonds is 5. The lowest BCUT2D eigenvalue weighted by Crippen LogP contribution is -2.03. The number of furan rings is 1. The smallest absolute Gasteiger partial charge is 0.166 e. The van der Waals surface area contributed by atoms with Crippen molar-refractivity contribution in [1.82, 2.24) is 24.1 Å². The second kappa shape index (κ2) is 12.5. The Balaban J connectivity index is 1.12. The molecule has 4 aromatic heterocycles. The molecule has 0 unspecified atom stereocenters. The zero-order valence-electron chi connectivity index (χ0n) is 30.8. The van der Waals surface area contributed by atoms with Gasteiger partial charge in [0.05, 0.1) is 33.0 Å². The first-order valence-electron chi connectivity index (χ1n) is 19.4. The Bertz CT molecular complexity index is 3330. The van der Waals surface area contributed by atoms with Crippen molar-refractivity contribution >= 4 is 60.7 Å². The standard InChI is InChI=1S/C51H33N5O/c1-4-16-32(17-5-1)49-52-50(33-18-6-2-7-19-33)54-51(53-49)39-24-12-15-27-42(39)56-41-26-14-11-23-38(41)46-44(56)31-29-36-35-28-30-43-45(47(35)57-48(36)46)37-22-10-13-25-40(37)55(43)34-20-8-3-9-21-34/h1-12,14-24,26-31H,13,25H2. The number of hydrogen-bond donors (Lipinski definition) is 0. The molecule has 4 heterocycles. The number of hydrogen-bond acceptors (Lipinski definition) is 4. The monoisotopic (exact) mass is 731 g/mol. The lowest BCUT2D eigenvalue weighted by atomic mass is 10.0. The summed E-state index contributed by atoms with van der Waals surface area (Å²) in [5.41, 5.74) is 12.6. The molecular weight excluding hydrogens is 699 g/mol. The molecule has 0 saturated carbocycles. The Morgan fingerprint density at radius 2 is 1.04 bits per heavy atom. The van der Waals surface area contributed by atoms with Gasteiger partial charge in [-0.3, -0.25) is 0 Å². The summed E-state index contributed by atoms with van der Waals surface area (Å²) in [6.07, 6.45) is 6.58. The van der Waals surface area contributed by atoms with E-state index in [-0.39, 0.29) is 0 Å². The first-order chi connectivity index (χ1) is 28.3. The summed E-state index contributed by atoms with van der Waals surface area (Å²) in [6.45, 7) is 0. The van der Waals surface area contributed by atoms with Gasteiger partial charge in [-0.15, -0.1) is 0 Å². The lowest BCUT2D eigenvalue weighted by molar-refractivity contribution is 0.676. The highest BCUT2D eigenvalue weighted by molar-refractivity contribution is 6.26. The van der Waals surface area contributed by atoms with Crippen LogP contribution in [-0.4, -0.2) is 24.1 Å². The van der Waals surface area contributed by atoms with Crippen LogP contribution < -0.4 is 0 Å². The van der Waals surface area contributed by atoms with E-state index >= 15 is 0 Å². The van der Waals surface area contributed by atoms with Crippen LogP contribution in [-0.2, 0) is 6.42 Å². The lowest BCUT2D eigenvalue weighted by Gasteiger charge is -2.14. The molecule has 0 fully saturated rings. The topological polar surface area (TPSA) is 61.7 Å². The number of benzene rings is 7. The van der Waals surface area contributed by atoms with Gasteiger partial charge in [-0.2, -0.15) is 0 Å². The third-order valence-corrected chi connectivity index (χ3v) is 11.4. The maximum atomic E-state index is 7.20. The Morgan fingerprint density at radius 1 is 0.456 bits per heavy atom. The van der Waals surface area contributed by atoms with Crippen LogP contribution in [0.1, 0.15) is 17.7 Å². The zero-order chi connectivity index (χ0) is 37.5. The van der Waals surface area contributed by atoms with Crippen molar-refractivity contribution in [3.05, 3.63) is 181 Å². The van der Waals surface area contributed by atoms with E-state index in [2.05, 4.69) is 124 Å². The molecule has 0 bridgehead atoms. The van der Waals surface area contributed by atoms with Crippen LogP contribution in [0, 0.1) is 0 Å². The van der Waals surface area contributed by atoms with Gasteiger partial charge in [0, 0.05) is 49.8 Å². The fourth-order valence-electron chi connectivity index (χ4n) is 8.96. The molecule has 57 heavy (non-hydrogen) atoms. The van der Waals surface area contributed by atoms with Crippen molar-refractivity contribution < 1.29 is 4.42 Å². The Labute approximate surface area is 327 Å². The highest BCUT2D eigenvalue weighted by atomic mass is 16.3. The molecule has 0 spiro atoms. The summed E-state index contributed by atoms with van der Waals surface area (Å²) in [4.78, 5) is 15.2. The average molecular weight is 732 g/mol. The second-order valence-corrected chi connectivity index (χ2v) is 14.7. The molecule has 7 aromatic carbocycles. The Kier molecular flexibility index (Phi) is 6.95. The number of aromatic nitrogens is 5.